The zero-order chi connectivity index (χ0) is 10.8. The molecule has 0 fully saturated rings. The Bertz CT molecular complexity index is 213. The summed E-state index contributed by atoms with van der Waals surface area (Å²) in [5, 5.41) is 9.32. The number of hydrogen-bond acceptors (Lipinski definition) is 1. The first-order valence-corrected chi connectivity index (χ1v) is 5.78. The Labute approximate surface area is 88.2 Å². The number of rotatable bonds is 3. The Balaban J connectivity index is 2.62. The van der Waals surface area contributed by atoms with Crippen LogP contribution in [-0.2, 0) is 0 Å². The molecule has 82 valence electrons. The van der Waals surface area contributed by atoms with Gasteiger partial charge in [-0.15, -0.1) is 0 Å². The first kappa shape index (κ1) is 11.8. The molecule has 0 aromatic carbocycles. The van der Waals surface area contributed by atoms with E-state index in [0.29, 0.717) is 11.3 Å². The normalized spacial score (nSPS) is 28.4. The van der Waals surface area contributed by atoms with Crippen LogP contribution in [-0.4, -0.2) is 11.2 Å². The maximum Gasteiger partial charge on any atom is 0.0512 e. The van der Waals surface area contributed by atoms with Crippen LogP contribution in [0.1, 0.15) is 53.4 Å². The van der Waals surface area contributed by atoms with Crippen LogP contribution in [0.5, 0.6) is 0 Å². The highest BCUT2D eigenvalue weighted by molar-refractivity contribution is 5.11. The summed E-state index contributed by atoms with van der Waals surface area (Å²) in [7, 11) is 0. The van der Waals surface area contributed by atoms with Crippen LogP contribution in [0, 0.1) is 11.3 Å². The average molecular weight is 196 g/mol. The van der Waals surface area contributed by atoms with E-state index in [1.54, 1.807) is 0 Å². The lowest BCUT2D eigenvalue weighted by atomic mass is 9.67. The maximum absolute atomic E-state index is 9.32. The van der Waals surface area contributed by atoms with Crippen LogP contribution in [0.4, 0.5) is 0 Å². The largest absolute Gasteiger partial charge is 0.393 e. The van der Waals surface area contributed by atoms with Crippen LogP contribution in [0.25, 0.3) is 0 Å². The minimum atomic E-state index is -0.152. The highest BCUT2D eigenvalue weighted by atomic mass is 16.3. The molecule has 0 saturated heterocycles. The van der Waals surface area contributed by atoms with Crippen LogP contribution >= 0.6 is 0 Å². The molecular formula is C13H24O. The smallest absolute Gasteiger partial charge is 0.0512 e. The van der Waals surface area contributed by atoms with E-state index in [-0.39, 0.29) is 6.10 Å². The summed E-state index contributed by atoms with van der Waals surface area (Å²) in [5.74, 6) is 0.672. The standard InChI is InChI=1S/C13H24O/c1-10-6-5-9-13(3,4)12(10)8-7-11(2)14/h6,11-12,14H,5,7-9H2,1-4H3. The Kier molecular flexibility index (Phi) is 3.77. The predicted octanol–water partition coefficient (Wildman–Crippen LogP) is 3.53. The lowest BCUT2D eigenvalue weighted by Crippen LogP contribution is -2.28. The van der Waals surface area contributed by atoms with Crippen molar-refractivity contribution < 1.29 is 5.11 Å². The summed E-state index contributed by atoms with van der Waals surface area (Å²) in [4.78, 5) is 0. The van der Waals surface area contributed by atoms with Crippen molar-refractivity contribution in [3.8, 4) is 0 Å². The fraction of sp³-hybridized carbons (Fsp3) is 0.846. The highest BCUT2D eigenvalue weighted by Crippen LogP contribution is 2.43. The molecule has 0 bridgehead atoms. The highest BCUT2D eigenvalue weighted by Gasteiger charge is 2.32. The van der Waals surface area contributed by atoms with E-state index in [9.17, 15) is 5.11 Å². The van der Waals surface area contributed by atoms with Crippen LogP contribution in [0.15, 0.2) is 11.6 Å². The topological polar surface area (TPSA) is 20.2 Å². The summed E-state index contributed by atoms with van der Waals surface area (Å²) in [6.07, 6.45) is 6.80. The maximum atomic E-state index is 9.32. The monoisotopic (exact) mass is 196 g/mol. The quantitative estimate of drug-likeness (QED) is 0.685. The molecule has 0 aromatic heterocycles. The van der Waals surface area contributed by atoms with Gasteiger partial charge in [-0.25, -0.2) is 0 Å². The van der Waals surface area contributed by atoms with Gasteiger partial charge in [-0.3, -0.25) is 0 Å². The molecule has 1 aliphatic carbocycles. The Morgan fingerprint density at radius 2 is 2.21 bits per heavy atom. The fourth-order valence-electron chi connectivity index (χ4n) is 2.63. The molecule has 2 unspecified atom stereocenters. The molecule has 1 heteroatoms. The second-order valence-electron chi connectivity index (χ2n) is 5.45. The second-order valence-corrected chi connectivity index (χ2v) is 5.45. The van der Waals surface area contributed by atoms with Crippen LogP contribution < -0.4 is 0 Å². The van der Waals surface area contributed by atoms with Gasteiger partial charge in [0.05, 0.1) is 6.10 Å². The summed E-state index contributed by atoms with van der Waals surface area (Å²) in [6, 6.07) is 0. The van der Waals surface area contributed by atoms with Gasteiger partial charge in [0, 0.05) is 0 Å². The molecule has 0 saturated carbocycles. The lowest BCUT2D eigenvalue weighted by Gasteiger charge is -2.38. The average Bonchev–Trinajstić information content (AvgIpc) is 2.01. The molecule has 0 heterocycles. The van der Waals surface area contributed by atoms with E-state index < -0.39 is 0 Å². The number of hydrogen-bond donors (Lipinski definition) is 1. The minimum absolute atomic E-state index is 0.152. The molecular weight excluding hydrogens is 172 g/mol. The molecule has 0 aromatic rings. The summed E-state index contributed by atoms with van der Waals surface area (Å²) < 4.78 is 0. The zero-order valence-corrected chi connectivity index (χ0v) is 10.0. The van der Waals surface area contributed by atoms with Crippen molar-refractivity contribution in [2.24, 2.45) is 11.3 Å². The van der Waals surface area contributed by atoms with Gasteiger partial charge in [0.25, 0.3) is 0 Å². The van der Waals surface area contributed by atoms with Crippen molar-refractivity contribution in [2.45, 2.75) is 59.5 Å². The van der Waals surface area contributed by atoms with Gasteiger partial charge in [0.1, 0.15) is 0 Å². The van der Waals surface area contributed by atoms with Crippen LogP contribution in [0.2, 0.25) is 0 Å². The van der Waals surface area contributed by atoms with Gasteiger partial charge in [-0.2, -0.15) is 0 Å². The third kappa shape index (κ3) is 2.84. The van der Waals surface area contributed by atoms with Crippen molar-refractivity contribution in [3.63, 3.8) is 0 Å². The molecule has 0 spiro atoms. The lowest BCUT2D eigenvalue weighted by molar-refractivity contribution is 0.144. The Hall–Kier alpha value is -0.300. The fourth-order valence-corrected chi connectivity index (χ4v) is 2.63. The minimum Gasteiger partial charge on any atom is -0.393 e. The van der Waals surface area contributed by atoms with Crippen LogP contribution in [0.3, 0.4) is 0 Å². The number of allylic oxidation sites excluding steroid dienone is 2. The number of aliphatic hydroxyl groups excluding tert-OH is 1. The van der Waals surface area contributed by atoms with E-state index in [0.717, 1.165) is 12.8 Å². The van der Waals surface area contributed by atoms with E-state index in [4.69, 9.17) is 0 Å². The van der Waals surface area contributed by atoms with Gasteiger partial charge < -0.3 is 5.11 Å². The predicted molar refractivity (Wildman–Crippen MR) is 61.2 cm³/mol. The second kappa shape index (κ2) is 4.48. The Morgan fingerprint density at radius 3 is 2.71 bits per heavy atom. The molecule has 0 amide bonds. The van der Waals surface area contributed by atoms with Gasteiger partial charge in [0.15, 0.2) is 0 Å². The third-order valence-corrected chi connectivity index (χ3v) is 3.62. The third-order valence-electron chi connectivity index (χ3n) is 3.62. The van der Waals surface area contributed by atoms with E-state index in [1.165, 1.54) is 18.4 Å². The molecule has 1 aliphatic rings. The molecule has 14 heavy (non-hydrogen) atoms. The van der Waals surface area contributed by atoms with Gasteiger partial charge in [0.2, 0.25) is 0 Å². The molecule has 1 N–H and O–H groups in total. The summed E-state index contributed by atoms with van der Waals surface area (Å²) in [6.45, 7) is 8.84. The summed E-state index contributed by atoms with van der Waals surface area (Å²) in [5.41, 5.74) is 1.95. The first-order chi connectivity index (χ1) is 6.43. The van der Waals surface area contributed by atoms with E-state index in [1.807, 2.05) is 6.92 Å². The van der Waals surface area contributed by atoms with E-state index in [2.05, 4.69) is 26.8 Å². The Morgan fingerprint density at radius 1 is 1.57 bits per heavy atom. The zero-order valence-electron chi connectivity index (χ0n) is 10.0. The van der Waals surface area contributed by atoms with Crippen molar-refractivity contribution >= 4 is 0 Å². The molecule has 2 atom stereocenters. The van der Waals surface area contributed by atoms with Crippen molar-refractivity contribution in [2.75, 3.05) is 0 Å². The molecule has 0 radical (unpaired) electrons. The molecule has 0 aliphatic heterocycles. The SMILES string of the molecule is CC1=CCCC(C)(C)C1CCC(C)O. The van der Waals surface area contributed by atoms with E-state index >= 15 is 0 Å². The van der Waals surface area contributed by atoms with Gasteiger partial charge in [-0.1, -0.05) is 25.5 Å². The first-order valence-electron chi connectivity index (χ1n) is 5.78. The van der Waals surface area contributed by atoms with Gasteiger partial charge in [-0.05, 0) is 50.9 Å². The van der Waals surface area contributed by atoms with Crippen molar-refractivity contribution in [1.29, 1.82) is 0 Å². The molecule has 1 nitrogen and oxygen atoms in total. The van der Waals surface area contributed by atoms with Gasteiger partial charge >= 0.3 is 0 Å². The van der Waals surface area contributed by atoms with Crippen molar-refractivity contribution in [1.82, 2.24) is 0 Å². The number of aliphatic hydroxyl groups is 1. The molecule has 1 rings (SSSR count). The van der Waals surface area contributed by atoms with Crippen molar-refractivity contribution in [3.05, 3.63) is 11.6 Å². The summed E-state index contributed by atoms with van der Waals surface area (Å²) >= 11 is 0.